The summed E-state index contributed by atoms with van der Waals surface area (Å²) in [6.45, 7) is 1.71. The molecular formula is C17H14ClFO3. The van der Waals surface area contributed by atoms with Gasteiger partial charge >= 0.3 is 5.97 Å². The molecule has 0 aliphatic carbocycles. The van der Waals surface area contributed by atoms with Crippen molar-refractivity contribution in [2.24, 2.45) is 0 Å². The van der Waals surface area contributed by atoms with E-state index in [-0.39, 0.29) is 5.02 Å². The lowest BCUT2D eigenvalue weighted by Gasteiger charge is -2.24. The Morgan fingerprint density at radius 1 is 1.18 bits per heavy atom. The highest BCUT2D eigenvalue weighted by Gasteiger charge is 2.29. The highest BCUT2D eigenvalue weighted by atomic mass is 35.5. The molecule has 0 aliphatic rings. The minimum absolute atomic E-state index is 0.0447. The van der Waals surface area contributed by atoms with E-state index < -0.39 is 17.2 Å². The van der Waals surface area contributed by atoms with Gasteiger partial charge in [-0.2, -0.15) is 0 Å². The molecule has 0 heterocycles. The molecule has 0 unspecified atom stereocenters. The van der Waals surface area contributed by atoms with Crippen molar-refractivity contribution in [2.45, 2.75) is 12.3 Å². The van der Waals surface area contributed by atoms with E-state index in [4.69, 9.17) is 11.6 Å². The smallest absolute Gasteiger partial charge is 0.337 e. The van der Waals surface area contributed by atoms with E-state index in [2.05, 4.69) is 4.74 Å². The van der Waals surface area contributed by atoms with Gasteiger partial charge in [-0.1, -0.05) is 29.8 Å². The van der Waals surface area contributed by atoms with Crippen molar-refractivity contribution in [1.29, 1.82) is 0 Å². The van der Waals surface area contributed by atoms with Gasteiger partial charge in [0.2, 0.25) is 0 Å². The minimum atomic E-state index is -0.994. The molecule has 22 heavy (non-hydrogen) atoms. The third-order valence-corrected chi connectivity index (χ3v) is 3.95. The fraction of sp³-hybridized carbons (Fsp3) is 0.176. The molecule has 0 bridgehead atoms. The van der Waals surface area contributed by atoms with Gasteiger partial charge in [0.1, 0.15) is 12.1 Å². The van der Waals surface area contributed by atoms with E-state index >= 15 is 0 Å². The van der Waals surface area contributed by atoms with Gasteiger partial charge in [0.25, 0.3) is 0 Å². The summed E-state index contributed by atoms with van der Waals surface area (Å²) >= 11 is 5.80. The summed E-state index contributed by atoms with van der Waals surface area (Å²) in [6.07, 6.45) is 0.768. The Hall–Kier alpha value is -2.20. The summed E-state index contributed by atoms with van der Waals surface area (Å²) < 4.78 is 17.9. The van der Waals surface area contributed by atoms with Gasteiger partial charge in [-0.3, -0.25) is 0 Å². The molecule has 0 N–H and O–H groups in total. The van der Waals surface area contributed by atoms with Gasteiger partial charge in [-0.05, 0) is 42.3 Å². The third kappa shape index (κ3) is 2.88. The van der Waals surface area contributed by atoms with Gasteiger partial charge in [-0.25, -0.2) is 9.18 Å². The highest BCUT2D eigenvalue weighted by molar-refractivity contribution is 6.30. The van der Waals surface area contributed by atoms with E-state index in [0.717, 1.165) is 6.29 Å². The van der Waals surface area contributed by atoms with Crippen LogP contribution < -0.4 is 0 Å². The molecule has 0 aliphatic heterocycles. The van der Waals surface area contributed by atoms with Crippen LogP contribution in [0.4, 0.5) is 4.39 Å². The van der Waals surface area contributed by atoms with E-state index in [9.17, 15) is 14.0 Å². The molecule has 0 radical (unpaired) electrons. The van der Waals surface area contributed by atoms with Crippen LogP contribution in [-0.2, 0) is 14.9 Å². The molecule has 0 amide bonds. The molecule has 0 saturated carbocycles. The van der Waals surface area contributed by atoms with E-state index in [1.807, 2.05) is 0 Å². The van der Waals surface area contributed by atoms with Crippen LogP contribution in [0.25, 0.3) is 0 Å². The summed E-state index contributed by atoms with van der Waals surface area (Å²) in [5.74, 6) is -0.996. The van der Waals surface area contributed by atoms with Crippen molar-refractivity contribution in [2.75, 3.05) is 7.11 Å². The van der Waals surface area contributed by atoms with Crippen LogP contribution in [-0.4, -0.2) is 19.4 Å². The SMILES string of the molecule is COC(=O)c1ccc([C@](C)(C=O)c2ccc(F)c(Cl)c2)cc1. The Morgan fingerprint density at radius 2 is 1.77 bits per heavy atom. The molecule has 0 spiro atoms. The number of rotatable bonds is 4. The first kappa shape index (κ1) is 16.2. The largest absolute Gasteiger partial charge is 0.465 e. The summed E-state index contributed by atoms with van der Waals surface area (Å²) in [5, 5.41) is -0.0447. The maximum absolute atomic E-state index is 13.3. The van der Waals surface area contributed by atoms with Crippen molar-refractivity contribution in [3.63, 3.8) is 0 Å². The van der Waals surface area contributed by atoms with Crippen LogP contribution in [0, 0.1) is 5.82 Å². The maximum Gasteiger partial charge on any atom is 0.337 e. The number of aldehydes is 1. The summed E-state index contributed by atoms with van der Waals surface area (Å²) in [4.78, 5) is 23.1. The Balaban J connectivity index is 2.47. The Kier molecular flexibility index (Phi) is 4.62. The maximum atomic E-state index is 13.3. The number of hydrogen-bond donors (Lipinski definition) is 0. The van der Waals surface area contributed by atoms with E-state index in [1.165, 1.54) is 25.3 Å². The van der Waals surface area contributed by atoms with Crippen molar-refractivity contribution in [3.05, 3.63) is 70.0 Å². The number of carbonyl (C=O) groups is 2. The lowest BCUT2D eigenvalue weighted by atomic mass is 9.77. The first-order valence-corrected chi connectivity index (χ1v) is 6.91. The average molecular weight is 321 g/mol. The fourth-order valence-electron chi connectivity index (χ4n) is 2.19. The van der Waals surface area contributed by atoms with Gasteiger partial charge in [0.15, 0.2) is 0 Å². The van der Waals surface area contributed by atoms with Crippen LogP contribution in [0.5, 0.6) is 0 Å². The molecule has 0 aromatic heterocycles. The molecule has 5 heteroatoms. The van der Waals surface area contributed by atoms with Crippen LogP contribution in [0.3, 0.4) is 0 Å². The number of methoxy groups -OCH3 is 1. The second kappa shape index (κ2) is 6.28. The predicted molar refractivity (Wildman–Crippen MR) is 81.7 cm³/mol. The van der Waals surface area contributed by atoms with Crippen molar-refractivity contribution in [3.8, 4) is 0 Å². The number of benzene rings is 2. The fourth-order valence-corrected chi connectivity index (χ4v) is 2.37. The number of hydrogen-bond acceptors (Lipinski definition) is 3. The van der Waals surface area contributed by atoms with Crippen molar-refractivity contribution in [1.82, 2.24) is 0 Å². The summed E-state index contributed by atoms with van der Waals surface area (Å²) in [5.41, 5.74) is 0.626. The molecule has 114 valence electrons. The first-order chi connectivity index (χ1) is 10.4. The Labute approximate surface area is 132 Å². The van der Waals surface area contributed by atoms with Crippen LogP contribution in [0.15, 0.2) is 42.5 Å². The van der Waals surface area contributed by atoms with Gasteiger partial charge < -0.3 is 9.53 Å². The van der Waals surface area contributed by atoms with Crippen LogP contribution in [0.1, 0.15) is 28.4 Å². The zero-order valence-electron chi connectivity index (χ0n) is 12.1. The molecule has 2 aromatic rings. The standard InChI is InChI=1S/C17H14ClFO3/c1-17(10-20,13-7-8-15(19)14(18)9-13)12-5-3-11(4-6-12)16(21)22-2/h3-10H,1-2H3/t17-/m0/s1. The summed E-state index contributed by atoms with van der Waals surface area (Å²) in [6, 6.07) is 10.7. The number of esters is 1. The third-order valence-electron chi connectivity index (χ3n) is 3.66. The second-order valence-electron chi connectivity index (χ2n) is 5.02. The van der Waals surface area contributed by atoms with E-state index in [0.29, 0.717) is 16.7 Å². The van der Waals surface area contributed by atoms with Gasteiger partial charge in [0, 0.05) is 0 Å². The molecule has 1 atom stereocenters. The molecule has 0 saturated heterocycles. The van der Waals surface area contributed by atoms with Crippen LogP contribution in [0.2, 0.25) is 5.02 Å². The first-order valence-electron chi connectivity index (χ1n) is 6.53. The van der Waals surface area contributed by atoms with Crippen LogP contribution >= 0.6 is 11.6 Å². The second-order valence-corrected chi connectivity index (χ2v) is 5.43. The highest BCUT2D eigenvalue weighted by Crippen LogP contribution is 2.32. The molecular weight excluding hydrogens is 307 g/mol. The summed E-state index contributed by atoms with van der Waals surface area (Å²) in [7, 11) is 1.30. The zero-order chi connectivity index (χ0) is 16.3. The average Bonchev–Trinajstić information content (AvgIpc) is 2.56. The van der Waals surface area contributed by atoms with Crippen molar-refractivity contribution >= 4 is 23.9 Å². The molecule has 0 fully saturated rings. The van der Waals surface area contributed by atoms with Gasteiger partial charge in [-0.15, -0.1) is 0 Å². The monoisotopic (exact) mass is 320 g/mol. The topological polar surface area (TPSA) is 43.4 Å². The van der Waals surface area contributed by atoms with Crippen molar-refractivity contribution < 1.29 is 18.7 Å². The predicted octanol–water partition coefficient (Wildman–Crippen LogP) is 3.77. The normalized spacial score (nSPS) is 13.3. The molecule has 2 aromatic carbocycles. The lowest BCUT2D eigenvalue weighted by molar-refractivity contribution is -0.110. The van der Waals surface area contributed by atoms with Gasteiger partial charge in [0.05, 0.1) is 23.1 Å². The Bertz CT molecular complexity index is 712. The zero-order valence-corrected chi connectivity index (χ0v) is 12.9. The molecule has 3 nitrogen and oxygen atoms in total. The quantitative estimate of drug-likeness (QED) is 0.636. The number of ether oxygens (including phenoxy) is 1. The van der Waals surface area contributed by atoms with E-state index in [1.54, 1.807) is 31.2 Å². The molecule has 2 rings (SSSR count). The minimum Gasteiger partial charge on any atom is -0.465 e. The lowest BCUT2D eigenvalue weighted by Crippen LogP contribution is -2.25. The Morgan fingerprint density at radius 3 is 2.27 bits per heavy atom. The number of carbonyl (C=O) groups excluding carboxylic acids is 2. The number of halogens is 2.